The summed E-state index contributed by atoms with van der Waals surface area (Å²) in [6.45, 7) is 8.57. The lowest BCUT2D eigenvalue weighted by Gasteiger charge is -2.23. The van der Waals surface area contributed by atoms with Crippen molar-refractivity contribution in [2.24, 2.45) is 5.41 Å². The second-order valence-electron chi connectivity index (χ2n) is 7.04. The molecule has 1 aliphatic rings. The van der Waals surface area contributed by atoms with Crippen LogP contribution >= 0.6 is 0 Å². The zero-order chi connectivity index (χ0) is 18.2. The minimum atomic E-state index is -0.539. The number of imidazole rings is 1. The van der Waals surface area contributed by atoms with E-state index in [1.165, 1.54) is 0 Å². The largest absolute Gasteiger partial charge is 0.342 e. The lowest BCUT2D eigenvalue weighted by atomic mass is 9.88. The summed E-state index contributed by atoms with van der Waals surface area (Å²) in [7, 11) is 0. The number of carbonyl (C=O) groups is 2. The highest BCUT2D eigenvalue weighted by molar-refractivity contribution is 5.96. The highest BCUT2D eigenvalue weighted by Crippen LogP contribution is 2.31. The van der Waals surface area contributed by atoms with E-state index in [9.17, 15) is 9.59 Å². The first kappa shape index (κ1) is 17.2. The van der Waals surface area contributed by atoms with Gasteiger partial charge in [0.15, 0.2) is 0 Å². The van der Waals surface area contributed by atoms with Crippen LogP contribution in [-0.4, -0.2) is 39.4 Å². The van der Waals surface area contributed by atoms with E-state index >= 15 is 0 Å². The normalized spacial score (nSPS) is 19.9. The molecule has 1 aliphatic heterocycles. The summed E-state index contributed by atoms with van der Waals surface area (Å²) in [6, 6.07) is 7.71. The van der Waals surface area contributed by atoms with Gasteiger partial charge < -0.3 is 14.8 Å². The van der Waals surface area contributed by atoms with Crippen molar-refractivity contribution in [2.45, 2.75) is 34.1 Å². The van der Waals surface area contributed by atoms with Crippen LogP contribution in [0.4, 0.5) is 5.69 Å². The van der Waals surface area contributed by atoms with Gasteiger partial charge in [-0.15, -0.1) is 0 Å². The van der Waals surface area contributed by atoms with E-state index in [1.54, 1.807) is 18.2 Å². The number of amides is 2. The standard InChI is InChI=1S/C19H24N4O2/c1-13-14(2)23(12-20-13)17-7-5-16(6-8-17)21-18(25)19(4)9-10-22(11-19)15(3)24/h5-8,12H,9-11H2,1-4H3,(H,21,25). The van der Waals surface area contributed by atoms with E-state index in [-0.39, 0.29) is 11.8 Å². The predicted octanol–water partition coefficient (Wildman–Crippen LogP) is 2.69. The maximum Gasteiger partial charge on any atom is 0.232 e. The molecule has 2 heterocycles. The van der Waals surface area contributed by atoms with Gasteiger partial charge in [0, 0.05) is 37.1 Å². The Hall–Kier alpha value is -2.63. The molecular formula is C19H24N4O2. The van der Waals surface area contributed by atoms with E-state index in [2.05, 4.69) is 10.3 Å². The van der Waals surface area contributed by atoms with Gasteiger partial charge in [0.2, 0.25) is 11.8 Å². The van der Waals surface area contributed by atoms with Gasteiger partial charge >= 0.3 is 0 Å². The van der Waals surface area contributed by atoms with Crippen LogP contribution in [0.25, 0.3) is 5.69 Å². The summed E-state index contributed by atoms with van der Waals surface area (Å²) in [6.07, 6.45) is 2.48. The minimum Gasteiger partial charge on any atom is -0.342 e. The zero-order valence-electron chi connectivity index (χ0n) is 15.2. The molecule has 6 nitrogen and oxygen atoms in total. The third-order valence-electron chi connectivity index (χ3n) is 5.12. The van der Waals surface area contributed by atoms with Crippen molar-refractivity contribution >= 4 is 17.5 Å². The van der Waals surface area contributed by atoms with E-state index in [4.69, 9.17) is 0 Å². The zero-order valence-corrected chi connectivity index (χ0v) is 15.2. The highest BCUT2D eigenvalue weighted by atomic mass is 16.2. The van der Waals surface area contributed by atoms with Crippen LogP contribution in [-0.2, 0) is 9.59 Å². The molecule has 1 aromatic heterocycles. The molecule has 1 N–H and O–H groups in total. The predicted molar refractivity (Wildman–Crippen MR) is 96.6 cm³/mol. The Labute approximate surface area is 147 Å². The van der Waals surface area contributed by atoms with E-state index < -0.39 is 5.41 Å². The number of hydrogen-bond donors (Lipinski definition) is 1. The van der Waals surface area contributed by atoms with Gasteiger partial charge in [-0.1, -0.05) is 0 Å². The molecule has 132 valence electrons. The lowest BCUT2D eigenvalue weighted by molar-refractivity contribution is -0.129. The van der Waals surface area contributed by atoms with Crippen LogP contribution in [0.15, 0.2) is 30.6 Å². The fourth-order valence-electron chi connectivity index (χ4n) is 3.16. The third kappa shape index (κ3) is 3.29. The Kier molecular flexibility index (Phi) is 4.37. The number of hydrogen-bond acceptors (Lipinski definition) is 3. The number of nitrogens with zero attached hydrogens (tertiary/aromatic N) is 3. The first-order chi connectivity index (χ1) is 11.8. The molecule has 2 aromatic rings. The Morgan fingerprint density at radius 3 is 2.40 bits per heavy atom. The van der Waals surface area contributed by atoms with Gasteiger partial charge in [0.05, 0.1) is 17.4 Å². The summed E-state index contributed by atoms with van der Waals surface area (Å²) in [5.41, 5.74) is 3.32. The molecule has 0 saturated carbocycles. The van der Waals surface area contributed by atoms with Crippen molar-refractivity contribution in [3.63, 3.8) is 0 Å². The molecule has 2 amide bonds. The Morgan fingerprint density at radius 2 is 1.88 bits per heavy atom. The summed E-state index contributed by atoms with van der Waals surface area (Å²) < 4.78 is 2.02. The van der Waals surface area contributed by atoms with Crippen molar-refractivity contribution in [2.75, 3.05) is 18.4 Å². The van der Waals surface area contributed by atoms with Crippen molar-refractivity contribution in [3.8, 4) is 5.69 Å². The molecule has 3 rings (SSSR count). The highest BCUT2D eigenvalue weighted by Gasteiger charge is 2.41. The average molecular weight is 340 g/mol. The molecule has 1 unspecified atom stereocenters. The fourth-order valence-corrected chi connectivity index (χ4v) is 3.16. The van der Waals surface area contributed by atoms with Crippen molar-refractivity contribution < 1.29 is 9.59 Å². The molecule has 1 atom stereocenters. The number of aryl methyl sites for hydroxylation is 1. The average Bonchev–Trinajstić information content (AvgIpc) is 3.14. The van der Waals surface area contributed by atoms with Crippen LogP contribution in [0.5, 0.6) is 0 Å². The number of carbonyl (C=O) groups excluding carboxylic acids is 2. The Morgan fingerprint density at radius 1 is 1.20 bits per heavy atom. The molecule has 0 spiro atoms. The van der Waals surface area contributed by atoms with Crippen LogP contribution in [0.1, 0.15) is 31.7 Å². The molecule has 1 saturated heterocycles. The summed E-state index contributed by atoms with van der Waals surface area (Å²) in [5.74, 6) is -0.0227. The van der Waals surface area contributed by atoms with Crippen molar-refractivity contribution in [3.05, 3.63) is 42.0 Å². The molecule has 1 aromatic carbocycles. The SMILES string of the molecule is CC(=O)N1CCC(C)(C(=O)Nc2ccc(-n3cnc(C)c3C)cc2)C1. The fraction of sp³-hybridized carbons (Fsp3) is 0.421. The van der Waals surface area contributed by atoms with Gasteiger partial charge in [-0.2, -0.15) is 0 Å². The molecule has 0 bridgehead atoms. The lowest BCUT2D eigenvalue weighted by Crippen LogP contribution is -2.37. The maximum atomic E-state index is 12.7. The van der Waals surface area contributed by atoms with Gasteiger partial charge in [-0.05, 0) is 51.5 Å². The van der Waals surface area contributed by atoms with Gasteiger partial charge in [-0.3, -0.25) is 9.59 Å². The van der Waals surface area contributed by atoms with Crippen LogP contribution in [0, 0.1) is 19.3 Å². The number of benzene rings is 1. The second kappa shape index (κ2) is 6.35. The first-order valence-electron chi connectivity index (χ1n) is 8.48. The Balaban J connectivity index is 1.70. The molecule has 0 radical (unpaired) electrons. The number of nitrogens with one attached hydrogen (secondary N) is 1. The molecular weight excluding hydrogens is 316 g/mol. The topological polar surface area (TPSA) is 67.2 Å². The molecule has 25 heavy (non-hydrogen) atoms. The van der Waals surface area contributed by atoms with Gasteiger partial charge in [0.25, 0.3) is 0 Å². The van der Waals surface area contributed by atoms with E-state index in [0.29, 0.717) is 19.5 Å². The second-order valence-corrected chi connectivity index (χ2v) is 7.04. The maximum absolute atomic E-state index is 12.7. The minimum absolute atomic E-state index is 0.0203. The van der Waals surface area contributed by atoms with Gasteiger partial charge in [-0.25, -0.2) is 4.98 Å². The number of rotatable bonds is 3. The van der Waals surface area contributed by atoms with Gasteiger partial charge in [0.1, 0.15) is 0 Å². The van der Waals surface area contributed by atoms with Crippen molar-refractivity contribution in [1.29, 1.82) is 0 Å². The first-order valence-corrected chi connectivity index (χ1v) is 8.48. The molecule has 1 fully saturated rings. The monoisotopic (exact) mass is 340 g/mol. The Bertz CT molecular complexity index is 809. The third-order valence-corrected chi connectivity index (χ3v) is 5.12. The van der Waals surface area contributed by atoms with Crippen LogP contribution in [0.3, 0.4) is 0 Å². The summed E-state index contributed by atoms with van der Waals surface area (Å²) >= 11 is 0. The van der Waals surface area contributed by atoms with Crippen LogP contribution in [0.2, 0.25) is 0 Å². The number of likely N-dealkylation sites (tertiary alicyclic amines) is 1. The smallest absolute Gasteiger partial charge is 0.232 e. The summed E-state index contributed by atoms with van der Waals surface area (Å²) in [5, 5.41) is 2.98. The molecule has 6 heteroatoms. The van der Waals surface area contributed by atoms with Crippen LogP contribution < -0.4 is 5.32 Å². The van der Waals surface area contributed by atoms with E-state index in [0.717, 1.165) is 22.8 Å². The summed E-state index contributed by atoms with van der Waals surface area (Å²) in [4.78, 5) is 30.2. The quantitative estimate of drug-likeness (QED) is 0.934. The van der Waals surface area contributed by atoms with Crippen molar-refractivity contribution in [1.82, 2.24) is 14.5 Å². The molecule has 0 aliphatic carbocycles. The van der Waals surface area contributed by atoms with E-state index in [1.807, 2.05) is 49.6 Å². The number of aromatic nitrogens is 2. The number of anilines is 1.